The predicted octanol–water partition coefficient (Wildman–Crippen LogP) is 2.78. The average Bonchev–Trinajstić information content (AvgIpc) is 2.60. The molecule has 0 saturated heterocycles. The van der Waals surface area contributed by atoms with Crippen molar-refractivity contribution in [2.24, 2.45) is 0 Å². The van der Waals surface area contributed by atoms with Gasteiger partial charge >= 0.3 is 5.97 Å². The van der Waals surface area contributed by atoms with Gasteiger partial charge in [-0.25, -0.2) is 4.79 Å². The predicted molar refractivity (Wildman–Crippen MR) is 91.0 cm³/mol. The Balaban J connectivity index is 1.81. The van der Waals surface area contributed by atoms with Gasteiger partial charge in [0.15, 0.2) is 6.61 Å². The van der Waals surface area contributed by atoms with Crippen LogP contribution in [0.4, 0.5) is 0 Å². The molecule has 126 valence electrons. The van der Waals surface area contributed by atoms with E-state index < -0.39 is 5.97 Å². The van der Waals surface area contributed by atoms with Crippen LogP contribution in [0.1, 0.15) is 34.3 Å². The molecule has 0 spiro atoms. The number of carbonyl (C=O) groups is 2. The monoisotopic (exact) mass is 327 g/mol. The number of hydrogen-bond donors (Lipinski definition) is 2. The number of carbonyl (C=O) groups excluding carboxylic acids is 2. The highest BCUT2D eigenvalue weighted by Crippen LogP contribution is 2.19. The van der Waals surface area contributed by atoms with Crippen molar-refractivity contribution in [1.29, 1.82) is 0 Å². The molecule has 2 aromatic carbocycles. The number of esters is 1. The largest absolute Gasteiger partial charge is 0.507 e. The van der Waals surface area contributed by atoms with Crippen molar-refractivity contribution in [3.8, 4) is 5.75 Å². The Morgan fingerprint density at radius 1 is 1.17 bits per heavy atom. The molecule has 0 radical (unpaired) electrons. The topological polar surface area (TPSA) is 75.6 Å². The van der Waals surface area contributed by atoms with Gasteiger partial charge in [-0.15, -0.1) is 0 Å². The third-order valence-electron chi connectivity index (χ3n) is 3.68. The fourth-order valence-electron chi connectivity index (χ4n) is 2.24. The van der Waals surface area contributed by atoms with E-state index in [0.717, 1.165) is 11.1 Å². The molecule has 1 amide bonds. The third-order valence-corrected chi connectivity index (χ3v) is 3.68. The maximum atomic E-state index is 11.9. The van der Waals surface area contributed by atoms with Gasteiger partial charge in [0.05, 0.1) is 0 Å². The third kappa shape index (κ3) is 4.84. The lowest BCUT2D eigenvalue weighted by Crippen LogP contribution is -2.31. The Labute approximate surface area is 141 Å². The van der Waals surface area contributed by atoms with Gasteiger partial charge in [0.1, 0.15) is 11.3 Å². The summed E-state index contributed by atoms with van der Waals surface area (Å²) in [6.45, 7) is 3.88. The lowest BCUT2D eigenvalue weighted by Gasteiger charge is -2.13. The van der Waals surface area contributed by atoms with Crippen molar-refractivity contribution in [2.75, 3.05) is 13.2 Å². The van der Waals surface area contributed by atoms with E-state index in [-0.39, 0.29) is 29.7 Å². The highest BCUT2D eigenvalue weighted by molar-refractivity contribution is 5.94. The minimum absolute atomic E-state index is 0.0560. The minimum atomic E-state index is -0.720. The zero-order chi connectivity index (χ0) is 17.5. The lowest BCUT2D eigenvalue weighted by molar-refractivity contribution is -0.124. The molecule has 24 heavy (non-hydrogen) atoms. The molecule has 0 aliphatic rings. The fourth-order valence-corrected chi connectivity index (χ4v) is 2.24. The van der Waals surface area contributed by atoms with E-state index in [4.69, 9.17) is 4.74 Å². The second-order valence-corrected chi connectivity index (χ2v) is 5.71. The molecule has 0 unspecified atom stereocenters. The van der Waals surface area contributed by atoms with Crippen LogP contribution >= 0.6 is 0 Å². The summed E-state index contributed by atoms with van der Waals surface area (Å²) in [6.07, 6.45) is 0. The number of aryl methyl sites for hydroxylation is 1. The highest BCUT2D eigenvalue weighted by Gasteiger charge is 2.15. The standard InChI is InChI=1S/C19H21NO4/c1-13-8-9-17(21)16(10-13)19(23)24-12-18(22)20-11-14(2)15-6-4-3-5-7-15/h3-10,14,21H,11-12H2,1-2H3,(H,20,22)/t14-/m1/s1. The first-order valence-electron chi connectivity index (χ1n) is 7.75. The number of nitrogens with one attached hydrogen (secondary N) is 1. The van der Waals surface area contributed by atoms with E-state index in [1.807, 2.05) is 37.3 Å². The van der Waals surface area contributed by atoms with Crippen LogP contribution in [-0.4, -0.2) is 30.1 Å². The van der Waals surface area contributed by atoms with Gasteiger partial charge in [-0.3, -0.25) is 4.79 Å². The van der Waals surface area contributed by atoms with Crippen LogP contribution in [0.3, 0.4) is 0 Å². The van der Waals surface area contributed by atoms with Crippen molar-refractivity contribution in [2.45, 2.75) is 19.8 Å². The molecule has 5 heteroatoms. The summed E-state index contributed by atoms with van der Waals surface area (Å²) in [6, 6.07) is 14.5. The van der Waals surface area contributed by atoms with Crippen LogP contribution in [0.2, 0.25) is 0 Å². The first-order valence-corrected chi connectivity index (χ1v) is 7.75. The fraction of sp³-hybridized carbons (Fsp3) is 0.263. The molecular formula is C19H21NO4. The number of phenols is 1. The number of ether oxygens (including phenoxy) is 1. The van der Waals surface area contributed by atoms with Gasteiger partial charge in [-0.05, 0) is 30.5 Å². The number of benzene rings is 2. The van der Waals surface area contributed by atoms with E-state index in [9.17, 15) is 14.7 Å². The van der Waals surface area contributed by atoms with Gasteiger partial charge in [-0.1, -0.05) is 48.9 Å². The number of aromatic hydroxyl groups is 1. The van der Waals surface area contributed by atoms with Crippen molar-refractivity contribution < 1.29 is 19.4 Å². The van der Waals surface area contributed by atoms with Gasteiger partial charge < -0.3 is 15.2 Å². The number of phenolic OH excluding ortho intramolecular Hbond substituents is 1. The van der Waals surface area contributed by atoms with Crippen molar-refractivity contribution in [3.63, 3.8) is 0 Å². The molecule has 0 aliphatic carbocycles. The second-order valence-electron chi connectivity index (χ2n) is 5.71. The zero-order valence-electron chi connectivity index (χ0n) is 13.8. The first-order chi connectivity index (χ1) is 11.5. The Kier molecular flexibility index (Phi) is 5.95. The van der Waals surface area contributed by atoms with E-state index in [0.29, 0.717) is 6.54 Å². The van der Waals surface area contributed by atoms with Crippen LogP contribution < -0.4 is 5.32 Å². The summed E-state index contributed by atoms with van der Waals surface area (Å²) in [5.74, 6) is -1.10. The van der Waals surface area contributed by atoms with Crippen LogP contribution in [0.5, 0.6) is 5.75 Å². The SMILES string of the molecule is Cc1ccc(O)c(C(=O)OCC(=O)NC[C@@H](C)c2ccccc2)c1. The highest BCUT2D eigenvalue weighted by atomic mass is 16.5. The molecule has 0 heterocycles. The first kappa shape index (κ1) is 17.5. The molecule has 0 aliphatic heterocycles. The molecule has 2 N–H and O–H groups in total. The van der Waals surface area contributed by atoms with E-state index in [1.54, 1.807) is 13.0 Å². The van der Waals surface area contributed by atoms with E-state index in [2.05, 4.69) is 5.32 Å². The van der Waals surface area contributed by atoms with Crippen LogP contribution in [-0.2, 0) is 9.53 Å². The van der Waals surface area contributed by atoms with Gasteiger partial charge in [0.25, 0.3) is 5.91 Å². The molecule has 2 rings (SSSR count). The lowest BCUT2D eigenvalue weighted by atomic mass is 10.0. The van der Waals surface area contributed by atoms with Crippen molar-refractivity contribution >= 4 is 11.9 Å². The van der Waals surface area contributed by atoms with Gasteiger partial charge in [0.2, 0.25) is 0 Å². The normalized spacial score (nSPS) is 11.6. The van der Waals surface area contributed by atoms with Gasteiger partial charge in [-0.2, -0.15) is 0 Å². The summed E-state index contributed by atoms with van der Waals surface area (Å²) >= 11 is 0. The number of rotatable bonds is 6. The number of amides is 1. The molecule has 1 atom stereocenters. The summed E-state index contributed by atoms with van der Waals surface area (Å²) in [5.41, 5.74) is 2.00. The maximum Gasteiger partial charge on any atom is 0.342 e. The summed E-state index contributed by atoms with van der Waals surface area (Å²) in [5, 5.41) is 12.4. The van der Waals surface area contributed by atoms with Crippen LogP contribution in [0, 0.1) is 6.92 Å². The molecule has 0 bridgehead atoms. The van der Waals surface area contributed by atoms with E-state index in [1.165, 1.54) is 12.1 Å². The number of hydrogen-bond acceptors (Lipinski definition) is 4. The van der Waals surface area contributed by atoms with Crippen molar-refractivity contribution in [3.05, 3.63) is 65.2 Å². The minimum Gasteiger partial charge on any atom is -0.507 e. The van der Waals surface area contributed by atoms with Crippen molar-refractivity contribution in [1.82, 2.24) is 5.32 Å². The molecule has 5 nitrogen and oxygen atoms in total. The molecule has 2 aromatic rings. The van der Waals surface area contributed by atoms with Crippen LogP contribution in [0.25, 0.3) is 0 Å². The summed E-state index contributed by atoms with van der Waals surface area (Å²) < 4.78 is 4.95. The van der Waals surface area contributed by atoms with E-state index >= 15 is 0 Å². The summed E-state index contributed by atoms with van der Waals surface area (Å²) in [7, 11) is 0. The molecule has 0 aromatic heterocycles. The van der Waals surface area contributed by atoms with Gasteiger partial charge in [0, 0.05) is 6.54 Å². The Bertz CT molecular complexity index is 713. The smallest absolute Gasteiger partial charge is 0.342 e. The zero-order valence-corrected chi connectivity index (χ0v) is 13.8. The quantitative estimate of drug-likeness (QED) is 0.800. The summed E-state index contributed by atoms with van der Waals surface area (Å²) in [4.78, 5) is 23.7. The maximum absolute atomic E-state index is 11.9. The van der Waals surface area contributed by atoms with Crippen LogP contribution in [0.15, 0.2) is 48.5 Å². The molecule has 0 fully saturated rings. The Morgan fingerprint density at radius 3 is 2.58 bits per heavy atom. The average molecular weight is 327 g/mol. The second kappa shape index (κ2) is 8.15. The molecular weight excluding hydrogens is 306 g/mol. The Hall–Kier alpha value is -2.82. The molecule has 0 saturated carbocycles. The Morgan fingerprint density at radius 2 is 1.88 bits per heavy atom.